The number of hydrogen-bond acceptors (Lipinski definition) is 5. The summed E-state index contributed by atoms with van der Waals surface area (Å²) in [5.74, 6) is 1.93. The maximum atomic E-state index is 12.7. The third-order valence-electron chi connectivity index (χ3n) is 6.35. The lowest BCUT2D eigenvalue weighted by atomic mass is 9.88. The predicted molar refractivity (Wildman–Crippen MR) is 96.6 cm³/mol. The summed E-state index contributed by atoms with van der Waals surface area (Å²) in [6.45, 7) is 0.776. The van der Waals surface area contributed by atoms with Crippen molar-refractivity contribution in [1.82, 2.24) is 15.5 Å². The van der Waals surface area contributed by atoms with Gasteiger partial charge in [0.25, 0.3) is 0 Å². The van der Waals surface area contributed by atoms with Crippen LogP contribution >= 0.6 is 0 Å². The van der Waals surface area contributed by atoms with Crippen molar-refractivity contribution < 1.29 is 14.1 Å². The highest BCUT2D eigenvalue weighted by atomic mass is 16.5. The molecule has 3 aliphatic rings. The third kappa shape index (κ3) is 3.95. The summed E-state index contributed by atoms with van der Waals surface area (Å²) in [7, 11) is 0. The van der Waals surface area contributed by atoms with E-state index in [9.17, 15) is 4.79 Å². The average Bonchev–Trinajstić information content (AvgIpc) is 3.36. The number of ether oxygens (including phenoxy) is 1. The first-order chi connectivity index (χ1) is 12.8. The van der Waals surface area contributed by atoms with E-state index in [1.807, 2.05) is 0 Å². The molecule has 4 rings (SSSR count). The average molecular weight is 361 g/mol. The van der Waals surface area contributed by atoms with Crippen molar-refractivity contribution in [2.24, 2.45) is 0 Å². The van der Waals surface area contributed by atoms with Gasteiger partial charge in [-0.25, -0.2) is 0 Å². The lowest BCUT2D eigenvalue weighted by Crippen LogP contribution is -2.47. The van der Waals surface area contributed by atoms with E-state index in [0.29, 0.717) is 18.2 Å². The summed E-state index contributed by atoms with van der Waals surface area (Å²) in [5, 5.41) is 7.67. The fourth-order valence-electron chi connectivity index (χ4n) is 4.83. The molecule has 0 aromatic carbocycles. The molecule has 6 nitrogen and oxygen atoms in total. The van der Waals surface area contributed by atoms with Crippen LogP contribution in [0.3, 0.4) is 0 Å². The summed E-state index contributed by atoms with van der Waals surface area (Å²) < 4.78 is 11.3. The van der Waals surface area contributed by atoms with Gasteiger partial charge >= 0.3 is 0 Å². The molecule has 2 saturated carbocycles. The van der Waals surface area contributed by atoms with Gasteiger partial charge in [0.15, 0.2) is 5.82 Å². The Hall–Kier alpha value is -1.43. The second-order valence-electron chi connectivity index (χ2n) is 8.32. The van der Waals surface area contributed by atoms with Crippen molar-refractivity contribution >= 4 is 5.91 Å². The van der Waals surface area contributed by atoms with E-state index in [1.165, 1.54) is 25.7 Å². The predicted octanol–water partition coefficient (Wildman–Crippen LogP) is 3.96. The number of nitrogens with one attached hydrogen (secondary N) is 1. The van der Waals surface area contributed by atoms with Gasteiger partial charge in [0.2, 0.25) is 11.8 Å². The number of hydrogen-bond donors (Lipinski definition) is 1. The molecule has 2 heterocycles. The Morgan fingerprint density at radius 2 is 1.81 bits per heavy atom. The van der Waals surface area contributed by atoms with Crippen molar-refractivity contribution in [3.63, 3.8) is 0 Å². The molecule has 0 bridgehead atoms. The molecular weight excluding hydrogens is 330 g/mol. The number of amides is 1. The van der Waals surface area contributed by atoms with Crippen molar-refractivity contribution in [3.8, 4) is 0 Å². The van der Waals surface area contributed by atoms with Crippen molar-refractivity contribution in [2.75, 3.05) is 6.61 Å². The van der Waals surface area contributed by atoms with E-state index < -0.39 is 5.54 Å². The molecule has 0 radical (unpaired) electrons. The molecule has 1 aliphatic heterocycles. The Balaban J connectivity index is 1.51. The van der Waals surface area contributed by atoms with E-state index in [2.05, 4.69) is 10.5 Å². The minimum atomic E-state index is -0.466. The van der Waals surface area contributed by atoms with Gasteiger partial charge in [0.1, 0.15) is 5.54 Å². The quantitative estimate of drug-likeness (QED) is 0.803. The van der Waals surface area contributed by atoms with Gasteiger partial charge in [-0.1, -0.05) is 43.7 Å². The fourth-order valence-corrected chi connectivity index (χ4v) is 4.83. The Morgan fingerprint density at radius 1 is 1.04 bits per heavy atom. The molecule has 1 aromatic heterocycles. The molecule has 1 saturated heterocycles. The van der Waals surface area contributed by atoms with Crippen LogP contribution in [0.1, 0.15) is 101 Å². The van der Waals surface area contributed by atoms with E-state index in [1.54, 1.807) is 0 Å². The van der Waals surface area contributed by atoms with Gasteiger partial charge in [0.05, 0.1) is 12.5 Å². The third-order valence-corrected chi connectivity index (χ3v) is 6.35. The lowest BCUT2D eigenvalue weighted by Gasteiger charge is -2.31. The number of rotatable bonds is 5. The maximum absolute atomic E-state index is 12.7. The molecule has 26 heavy (non-hydrogen) atoms. The highest BCUT2D eigenvalue weighted by molar-refractivity contribution is 5.77. The molecule has 6 heteroatoms. The summed E-state index contributed by atoms with van der Waals surface area (Å²) in [6.07, 6.45) is 13.7. The van der Waals surface area contributed by atoms with Gasteiger partial charge in [-0.15, -0.1) is 0 Å². The Bertz CT molecular complexity index is 595. The second-order valence-corrected chi connectivity index (χ2v) is 8.32. The molecule has 2 aliphatic carbocycles. The van der Waals surface area contributed by atoms with Gasteiger partial charge in [-0.2, -0.15) is 4.98 Å². The smallest absolute Gasteiger partial charge is 0.229 e. The summed E-state index contributed by atoms with van der Waals surface area (Å²) in [5.41, 5.74) is -0.466. The van der Waals surface area contributed by atoms with Gasteiger partial charge < -0.3 is 14.6 Å². The van der Waals surface area contributed by atoms with E-state index in [4.69, 9.17) is 14.2 Å². The van der Waals surface area contributed by atoms with Gasteiger partial charge in [-0.3, -0.25) is 4.79 Å². The van der Waals surface area contributed by atoms with Crippen molar-refractivity contribution in [2.45, 2.75) is 101 Å². The number of aromatic nitrogens is 2. The molecule has 3 fully saturated rings. The van der Waals surface area contributed by atoms with Crippen LogP contribution in [-0.2, 0) is 15.1 Å². The lowest BCUT2D eigenvalue weighted by molar-refractivity contribution is -0.125. The van der Waals surface area contributed by atoms with Gasteiger partial charge in [0, 0.05) is 12.5 Å². The highest BCUT2D eigenvalue weighted by Crippen LogP contribution is 2.38. The Labute approximate surface area is 155 Å². The van der Waals surface area contributed by atoms with Crippen LogP contribution in [0.5, 0.6) is 0 Å². The monoisotopic (exact) mass is 361 g/mol. The zero-order chi connectivity index (χ0) is 17.8. The minimum absolute atomic E-state index is 0.0611. The van der Waals surface area contributed by atoms with Crippen LogP contribution < -0.4 is 5.32 Å². The zero-order valence-electron chi connectivity index (χ0n) is 15.7. The first kappa shape index (κ1) is 18.0. The van der Waals surface area contributed by atoms with Crippen LogP contribution in [0, 0.1) is 0 Å². The molecular formula is C20H31N3O3. The largest absolute Gasteiger partial charge is 0.378 e. The molecule has 1 atom stereocenters. The molecule has 1 amide bonds. The Morgan fingerprint density at radius 3 is 2.50 bits per heavy atom. The molecule has 0 spiro atoms. The zero-order valence-corrected chi connectivity index (χ0v) is 15.7. The van der Waals surface area contributed by atoms with E-state index in [0.717, 1.165) is 63.9 Å². The second kappa shape index (κ2) is 8.07. The van der Waals surface area contributed by atoms with E-state index >= 15 is 0 Å². The minimum Gasteiger partial charge on any atom is -0.378 e. The normalized spacial score (nSPS) is 26.7. The molecule has 1 aromatic rings. The SMILES string of the molecule is O=C(CC1CCCO1)NC1(c2noc(C3CCCC3)n2)CCCCCC1. The van der Waals surface area contributed by atoms with Crippen LogP contribution in [-0.4, -0.2) is 28.8 Å². The maximum Gasteiger partial charge on any atom is 0.229 e. The van der Waals surface area contributed by atoms with Crippen LogP contribution in [0.4, 0.5) is 0 Å². The summed E-state index contributed by atoms with van der Waals surface area (Å²) >= 11 is 0. The summed E-state index contributed by atoms with van der Waals surface area (Å²) in [6, 6.07) is 0. The number of carbonyl (C=O) groups excluding carboxylic acids is 1. The number of nitrogens with zero attached hydrogens (tertiary/aromatic N) is 2. The Kier molecular flexibility index (Phi) is 5.57. The molecule has 1 unspecified atom stereocenters. The standard InChI is InChI=1S/C20H31N3O3/c24-17(14-16-10-7-13-25-16)22-20(11-5-1-2-6-12-20)19-21-18(26-23-19)15-8-3-4-9-15/h15-16H,1-14H2,(H,22,24). The number of carbonyl (C=O) groups is 1. The van der Waals surface area contributed by atoms with Crippen molar-refractivity contribution in [3.05, 3.63) is 11.7 Å². The topological polar surface area (TPSA) is 77.2 Å². The van der Waals surface area contributed by atoms with Gasteiger partial charge in [-0.05, 0) is 38.5 Å². The first-order valence-electron chi connectivity index (χ1n) is 10.5. The van der Waals surface area contributed by atoms with Crippen LogP contribution in [0.2, 0.25) is 0 Å². The van der Waals surface area contributed by atoms with Crippen molar-refractivity contribution in [1.29, 1.82) is 0 Å². The fraction of sp³-hybridized carbons (Fsp3) is 0.850. The first-order valence-corrected chi connectivity index (χ1v) is 10.5. The molecule has 1 N–H and O–H groups in total. The van der Waals surface area contributed by atoms with E-state index in [-0.39, 0.29) is 12.0 Å². The van der Waals surface area contributed by atoms with Crippen LogP contribution in [0.25, 0.3) is 0 Å². The molecule has 144 valence electrons. The summed E-state index contributed by atoms with van der Waals surface area (Å²) in [4.78, 5) is 17.5. The highest BCUT2D eigenvalue weighted by Gasteiger charge is 2.40. The van der Waals surface area contributed by atoms with Crippen LogP contribution in [0.15, 0.2) is 4.52 Å².